The molecule has 1 aliphatic heterocycles. The van der Waals surface area contributed by atoms with Crippen LogP contribution in [0.2, 0.25) is 0 Å². The molecule has 88 valence electrons. The van der Waals surface area contributed by atoms with Crippen LogP contribution >= 0.6 is 11.6 Å². The van der Waals surface area contributed by atoms with Crippen LogP contribution in [0, 0.1) is 0 Å². The Balaban J connectivity index is 1.79. The number of hydrogen-bond donors (Lipinski definition) is 1. The number of hydrogen-bond acceptors (Lipinski definition) is 3. The largest absolute Gasteiger partial charge is 0.389 e. The van der Waals surface area contributed by atoms with Crippen LogP contribution in [0.4, 0.5) is 0 Å². The molecule has 4 heteroatoms. The molecule has 1 aromatic rings. The number of alkyl halides is 1. The molecule has 0 spiro atoms. The summed E-state index contributed by atoms with van der Waals surface area (Å²) in [6.07, 6.45) is -0.375. The van der Waals surface area contributed by atoms with Gasteiger partial charge in [0.2, 0.25) is 0 Å². The van der Waals surface area contributed by atoms with Gasteiger partial charge in [-0.15, -0.1) is 11.6 Å². The van der Waals surface area contributed by atoms with E-state index in [-0.39, 0.29) is 18.3 Å². The maximum Gasteiger partial charge on any atom is 0.159 e. The van der Waals surface area contributed by atoms with Crippen molar-refractivity contribution in [1.82, 2.24) is 0 Å². The normalized spacial score (nSPS) is 30.2. The first-order chi connectivity index (χ1) is 7.75. The van der Waals surface area contributed by atoms with Crippen molar-refractivity contribution in [2.24, 2.45) is 0 Å². The lowest BCUT2D eigenvalue weighted by atomic mass is 10.1. The molecule has 1 N–H and O–H groups in total. The van der Waals surface area contributed by atoms with Crippen molar-refractivity contribution >= 4 is 11.6 Å². The molecule has 0 amide bonds. The van der Waals surface area contributed by atoms with Gasteiger partial charge in [-0.25, -0.2) is 0 Å². The average Bonchev–Trinajstić information content (AvgIpc) is 2.32. The lowest BCUT2D eigenvalue weighted by Gasteiger charge is -2.29. The van der Waals surface area contributed by atoms with E-state index >= 15 is 0 Å². The zero-order chi connectivity index (χ0) is 11.4. The maximum absolute atomic E-state index is 9.37. The number of halogens is 1. The first-order valence-electron chi connectivity index (χ1n) is 5.35. The van der Waals surface area contributed by atoms with Crippen LogP contribution in [0.3, 0.4) is 0 Å². The molecule has 0 radical (unpaired) electrons. The van der Waals surface area contributed by atoms with Gasteiger partial charge in [0, 0.05) is 6.42 Å². The lowest BCUT2D eigenvalue weighted by molar-refractivity contribution is -0.190. The third-order valence-corrected chi connectivity index (χ3v) is 3.04. The quantitative estimate of drug-likeness (QED) is 0.823. The second-order valence-corrected chi connectivity index (χ2v) is 4.44. The molecule has 0 saturated carbocycles. The van der Waals surface area contributed by atoms with Crippen molar-refractivity contribution in [2.45, 2.75) is 30.8 Å². The van der Waals surface area contributed by atoms with Gasteiger partial charge in [-0.1, -0.05) is 30.3 Å². The Bertz CT molecular complexity index is 317. The predicted octanol–water partition coefficient (Wildman–Crippen LogP) is 1.92. The van der Waals surface area contributed by atoms with E-state index in [1.165, 1.54) is 0 Å². The predicted molar refractivity (Wildman–Crippen MR) is 61.2 cm³/mol. The van der Waals surface area contributed by atoms with E-state index in [1.54, 1.807) is 0 Å². The molecule has 16 heavy (non-hydrogen) atoms. The van der Waals surface area contributed by atoms with Gasteiger partial charge < -0.3 is 14.6 Å². The summed E-state index contributed by atoms with van der Waals surface area (Å²) in [5.41, 5.74) is 1.10. The molecule has 1 fully saturated rings. The number of rotatable bonds is 3. The Hall–Kier alpha value is -0.610. The van der Waals surface area contributed by atoms with Gasteiger partial charge in [-0.2, -0.15) is 0 Å². The van der Waals surface area contributed by atoms with Crippen LogP contribution < -0.4 is 0 Å². The monoisotopic (exact) mass is 242 g/mol. The highest BCUT2D eigenvalue weighted by Crippen LogP contribution is 2.21. The van der Waals surface area contributed by atoms with Gasteiger partial charge >= 0.3 is 0 Å². The van der Waals surface area contributed by atoms with Crippen LogP contribution in [0.25, 0.3) is 0 Å². The fourth-order valence-corrected chi connectivity index (χ4v) is 1.82. The second kappa shape index (κ2) is 5.64. The van der Waals surface area contributed by atoms with E-state index < -0.39 is 6.10 Å². The molecule has 3 nitrogen and oxygen atoms in total. The molecular formula is C12H15ClO3. The number of benzene rings is 1. The summed E-state index contributed by atoms with van der Waals surface area (Å²) in [7, 11) is 0. The highest BCUT2D eigenvalue weighted by molar-refractivity contribution is 6.21. The Kier molecular flexibility index (Phi) is 4.18. The Morgan fingerprint density at radius 2 is 2.12 bits per heavy atom. The van der Waals surface area contributed by atoms with E-state index in [9.17, 15) is 5.11 Å². The Labute approximate surface area is 99.9 Å². The standard InChI is InChI=1S/C12H15ClO3/c13-10-6-12(16-8-11(10)14)15-7-9-4-2-1-3-5-9/h1-5,10-12,14H,6-8H2/t10-,11-,12-/m1/s1. The minimum atomic E-state index is -0.585. The fraction of sp³-hybridized carbons (Fsp3) is 0.500. The van der Waals surface area contributed by atoms with Gasteiger partial charge in [0.1, 0.15) is 0 Å². The summed E-state index contributed by atoms with van der Waals surface area (Å²) >= 11 is 5.93. The van der Waals surface area contributed by atoms with E-state index in [4.69, 9.17) is 21.1 Å². The molecule has 0 aliphatic carbocycles. The Morgan fingerprint density at radius 3 is 2.81 bits per heavy atom. The highest BCUT2D eigenvalue weighted by atomic mass is 35.5. The summed E-state index contributed by atoms with van der Waals surface area (Å²) in [4.78, 5) is 0. The van der Waals surface area contributed by atoms with Crippen LogP contribution in [-0.4, -0.2) is 29.5 Å². The lowest BCUT2D eigenvalue weighted by Crippen LogP contribution is -2.39. The van der Waals surface area contributed by atoms with Crippen molar-refractivity contribution in [2.75, 3.05) is 6.61 Å². The van der Waals surface area contributed by atoms with E-state index in [2.05, 4.69) is 0 Å². The molecular weight excluding hydrogens is 228 g/mol. The van der Waals surface area contributed by atoms with Crippen molar-refractivity contribution in [3.63, 3.8) is 0 Å². The molecule has 0 unspecified atom stereocenters. The first kappa shape index (κ1) is 11.9. The fourth-order valence-electron chi connectivity index (χ4n) is 1.60. The molecule has 0 aromatic heterocycles. The number of ether oxygens (including phenoxy) is 2. The third kappa shape index (κ3) is 3.19. The molecule has 1 heterocycles. The number of aliphatic hydroxyl groups is 1. The van der Waals surface area contributed by atoms with Crippen molar-refractivity contribution < 1.29 is 14.6 Å². The topological polar surface area (TPSA) is 38.7 Å². The van der Waals surface area contributed by atoms with Crippen LogP contribution in [0.15, 0.2) is 30.3 Å². The maximum atomic E-state index is 9.37. The zero-order valence-corrected chi connectivity index (χ0v) is 9.64. The van der Waals surface area contributed by atoms with Crippen molar-refractivity contribution in [1.29, 1.82) is 0 Å². The van der Waals surface area contributed by atoms with Gasteiger partial charge in [-0.3, -0.25) is 0 Å². The molecule has 1 saturated heterocycles. The minimum Gasteiger partial charge on any atom is -0.389 e. The molecule has 3 atom stereocenters. The smallest absolute Gasteiger partial charge is 0.159 e. The Morgan fingerprint density at radius 1 is 1.38 bits per heavy atom. The van der Waals surface area contributed by atoms with Crippen molar-refractivity contribution in [3.8, 4) is 0 Å². The summed E-state index contributed by atoms with van der Waals surface area (Å²) in [5.74, 6) is 0. The minimum absolute atomic E-state index is 0.244. The van der Waals surface area contributed by atoms with Crippen LogP contribution in [0.5, 0.6) is 0 Å². The SMILES string of the molecule is O[C@@H]1CO[C@@H](OCc2ccccc2)C[C@H]1Cl. The van der Waals surface area contributed by atoms with Crippen LogP contribution in [0.1, 0.15) is 12.0 Å². The van der Waals surface area contributed by atoms with E-state index in [0.717, 1.165) is 5.56 Å². The molecule has 0 bridgehead atoms. The van der Waals surface area contributed by atoms with Gasteiger partial charge in [-0.05, 0) is 5.56 Å². The third-order valence-electron chi connectivity index (χ3n) is 2.57. The highest BCUT2D eigenvalue weighted by Gasteiger charge is 2.28. The summed E-state index contributed by atoms with van der Waals surface area (Å²) in [5, 5.41) is 9.09. The van der Waals surface area contributed by atoms with Gasteiger partial charge in [0.15, 0.2) is 6.29 Å². The first-order valence-corrected chi connectivity index (χ1v) is 5.78. The molecule has 2 rings (SSSR count). The molecule has 1 aromatic carbocycles. The summed E-state index contributed by atoms with van der Waals surface area (Å²) < 4.78 is 10.9. The number of aliphatic hydroxyl groups excluding tert-OH is 1. The molecule has 1 aliphatic rings. The van der Waals surface area contributed by atoms with Gasteiger partial charge in [0.05, 0.1) is 24.7 Å². The van der Waals surface area contributed by atoms with Crippen molar-refractivity contribution in [3.05, 3.63) is 35.9 Å². The summed E-state index contributed by atoms with van der Waals surface area (Å²) in [6, 6.07) is 9.89. The van der Waals surface area contributed by atoms with E-state index in [1.807, 2.05) is 30.3 Å². The van der Waals surface area contributed by atoms with Crippen LogP contribution in [-0.2, 0) is 16.1 Å². The zero-order valence-electron chi connectivity index (χ0n) is 8.88. The van der Waals surface area contributed by atoms with E-state index in [0.29, 0.717) is 13.0 Å². The average molecular weight is 243 g/mol. The second-order valence-electron chi connectivity index (χ2n) is 3.88. The summed E-state index contributed by atoms with van der Waals surface area (Å²) in [6.45, 7) is 0.749. The van der Waals surface area contributed by atoms with Gasteiger partial charge in [0.25, 0.3) is 0 Å².